The number of nitrogens with zero attached hydrogens (tertiary/aromatic N) is 2. The van der Waals surface area contributed by atoms with Crippen molar-refractivity contribution in [1.82, 2.24) is 15.6 Å². The van der Waals surface area contributed by atoms with Crippen LogP contribution in [0, 0.1) is 0 Å². The van der Waals surface area contributed by atoms with Crippen LogP contribution < -0.4 is 15.4 Å². The fourth-order valence-electron chi connectivity index (χ4n) is 2.46. The number of methoxy groups -OCH3 is 1. The Hall–Kier alpha value is -2.59. The number of aromatic nitrogens is 1. The molecular weight excluding hydrogens is 421 g/mol. The molecule has 0 amide bonds. The number of hydrogen-bond acceptors (Lipinski definition) is 5. The molecule has 0 spiro atoms. The summed E-state index contributed by atoms with van der Waals surface area (Å²) in [4.78, 5) is 9.93. The molecule has 2 heterocycles. The summed E-state index contributed by atoms with van der Waals surface area (Å²) in [6, 6.07) is 11.9. The highest BCUT2D eigenvalue weighted by atomic mass is 32.1. The molecule has 2 aromatic heterocycles. The van der Waals surface area contributed by atoms with Gasteiger partial charge in [0, 0.05) is 22.2 Å². The van der Waals surface area contributed by atoms with Crippen molar-refractivity contribution in [3.63, 3.8) is 0 Å². The van der Waals surface area contributed by atoms with Crippen LogP contribution in [0.5, 0.6) is 5.75 Å². The van der Waals surface area contributed by atoms with E-state index in [0.29, 0.717) is 17.5 Å². The number of thiophene rings is 1. The van der Waals surface area contributed by atoms with Gasteiger partial charge in [0.2, 0.25) is 0 Å². The van der Waals surface area contributed by atoms with Crippen molar-refractivity contribution in [3.05, 3.63) is 57.4 Å². The highest BCUT2D eigenvalue weighted by Crippen LogP contribution is 2.30. The molecule has 0 saturated heterocycles. The van der Waals surface area contributed by atoms with E-state index in [1.807, 2.05) is 36.4 Å². The molecule has 0 unspecified atom stereocenters. The number of halogens is 3. The van der Waals surface area contributed by atoms with Gasteiger partial charge >= 0.3 is 6.18 Å². The molecule has 0 aliphatic rings. The number of rotatable bonds is 6. The van der Waals surface area contributed by atoms with Crippen molar-refractivity contribution in [2.75, 3.05) is 14.2 Å². The summed E-state index contributed by atoms with van der Waals surface area (Å²) in [5.74, 6) is 1.30. The van der Waals surface area contributed by atoms with E-state index < -0.39 is 11.9 Å². The van der Waals surface area contributed by atoms with E-state index in [1.165, 1.54) is 0 Å². The van der Waals surface area contributed by atoms with Crippen LogP contribution in [0.3, 0.4) is 0 Å². The van der Waals surface area contributed by atoms with Crippen LogP contribution in [0.15, 0.2) is 46.8 Å². The topological polar surface area (TPSA) is 58.5 Å². The number of thiazole rings is 1. The van der Waals surface area contributed by atoms with E-state index in [9.17, 15) is 13.2 Å². The summed E-state index contributed by atoms with van der Waals surface area (Å²) < 4.78 is 43.0. The Morgan fingerprint density at radius 2 is 1.83 bits per heavy atom. The second-order valence-electron chi connectivity index (χ2n) is 5.90. The number of benzene rings is 1. The fraction of sp³-hybridized carbons (Fsp3) is 0.263. The van der Waals surface area contributed by atoms with E-state index >= 15 is 0 Å². The lowest BCUT2D eigenvalue weighted by molar-refractivity contribution is -0.140. The molecule has 0 fully saturated rings. The van der Waals surface area contributed by atoms with Crippen molar-refractivity contribution in [2.45, 2.75) is 19.3 Å². The SMILES string of the molecule is CN=C(NCc1ccc(-c2ccc(OC)cc2)s1)NCc1nc(C(F)(F)F)cs1. The lowest BCUT2D eigenvalue weighted by Crippen LogP contribution is -2.36. The number of hydrogen-bond donors (Lipinski definition) is 2. The quantitative estimate of drug-likeness (QED) is 0.429. The molecule has 0 aliphatic carbocycles. The van der Waals surface area contributed by atoms with Gasteiger partial charge in [-0.05, 0) is 42.0 Å². The van der Waals surface area contributed by atoms with Crippen LogP contribution in [0.4, 0.5) is 13.2 Å². The van der Waals surface area contributed by atoms with E-state index in [0.717, 1.165) is 37.8 Å². The van der Waals surface area contributed by atoms with Gasteiger partial charge < -0.3 is 15.4 Å². The first-order chi connectivity index (χ1) is 13.9. The van der Waals surface area contributed by atoms with Gasteiger partial charge in [-0.1, -0.05) is 0 Å². The maximum atomic E-state index is 12.6. The van der Waals surface area contributed by atoms with Gasteiger partial charge in [0.15, 0.2) is 11.7 Å². The second-order valence-corrected chi connectivity index (χ2v) is 8.01. The van der Waals surface area contributed by atoms with Crippen molar-refractivity contribution in [1.29, 1.82) is 0 Å². The summed E-state index contributed by atoms with van der Waals surface area (Å²) in [6.45, 7) is 0.716. The van der Waals surface area contributed by atoms with Crippen LogP contribution in [0.2, 0.25) is 0 Å². The summed E-state index contributed by atoms with van der Waals surface area (Å²) in [5, 5.41) is 7.50. The summed E-state index contributed by atoms with van der Waals surface area (Å²) in [5.41, 5.74) is 0.237. The molecule has 3 aromatic rings. The Balaban J connectivity index is 1.53. The van der Waals surface area contributed by atoms with Crippen LogP contribution in [-0.2, 0) is 19.3 Å². The predicted molar refractivity (Wildman–Crippen MR) is 110 cm³/mol. The molecule has 0 bridgehead atoms. The molecule has 1 aromatic carbocycles. The summed E-state index contributed by atoms with van der Waals surface area (Å²) in [7, 11) is 3.24. The Bertz CT molecular complexity index is 964. The minimum Gasteiger partial charge on any atom is -0.497 e. The van der Waals surface area contributed by atoms with E-state index in [4.69, 9.17) is 4.74 Å². The maximum absolute atomic E-state index is 12.6. The smallest absolute Gasteiger partial charge is 0.434 e. The fourth-order valence-corrected chi connectivity index (χ4v) is 4.15. The maximum Gasteiger partial charge on any atom is 0.434 e. The average Bonchev–Trinajstić information content (AvgIpc) is 3.38. The molecule has 0 radical (unpaired) electrons. The van der Waals surface area contributed by atoms with Crippen LogP contribution in [0.25, 0.3) is 10.4 Å². The van der Waals surface area contributed by atoms with E-state index in [1.54, 1.807) is 25.5 Å². The van der Waals surface area contributed by atoms with Gasteiger partial charge in [-0.15, -0.1) is 22.7 Å². The number of guanidine groups is 1. The normalized spacial score (nSPS) is 12.1. The van der Waals surface area contributed by atoms with E-state index in [-0.39, 0.29) is 6.54 Å². The largest absolute Gasteiger partial charge is 0.497 e. The molecular formula is C19H19F3N4OS2. The van der Waals surface area contributed by atoms with Gasteiger partial charge in [-0.3, -0.25) is 4.99 Å². The Labute approximate surface area is 174 Å². The number of nitrogens with one attached hydrogen (secondary N) is 2. The highest BCUT2D eigenvalue weighted by Gasteiger charge is 2.33. The van der Waals surface area contributed by atoms with Crippen molar-refractivity contribution in [3.8, 4) is 16.2 Å². The Morgan fingerprint density at radius 1 is 1.10 bits per heavy atom. The van der Waals surface area contributed by atoms with Gasteiger partial charge in [-0.25, -0.2) is 4.98 Å². The van der Waals surface area contributed by atoms with Gasteiger partial charge in [0.05, 0.1) is 20.2 Å². The molecule has 3 rings (SSSR count). The van der Waals surface area contributed by atoms with Crippen molar-refractivity contribution in [2.24, 2.45) is 4.99 Å². The predicted octanol–water partition coefficient (Wildman–Crippen LogP) is 4.76. The monoisotopic (exact) mass is 440 g/mol. The molecule has 2 N–H and O–H groups in total. The van der Waals surface area contributed by atoms with Gasteiger partial charge in [-0.2, -0.15) is 13.2 Å². The van der Waals surface area contributed by atoms with Crippen LogP contribution in [-0.4, -0.2) is 25.1 Å². The number of aliphatic imine (C=N–C) groups is 1. The molecule has 0 atom stereocenters. The van der Waals surface area contributed by atoms with Crippen LogP contribution in [0.1, 0.15) is 15.6 Å². The lowest BCUT2D eigenvalue weighted by atomic mass is 10.2. The summed E-state index contributed by atoms with van der Waals surface area (Å²) >= 11 is 2.61. The molecule has 29 heavy (non-hydrogen) atoms. The second kappa shape index (κ2) is 9.27. The Kier molecular flexibility index (Phi) is 6.75. The Morgan fingerprint density at radius 3 is 2.45 bits per heavy atom. The number of alkyl halides is 3. The standard InChI is InChI=1S/C19H19F3N4OS2/c1-23-18(25-10-17-26-16(11-28-17)19(20,21)22)24-9-14-7-8-15(29-14)12-3-5-13(27-2)6-4-12/h3-8,11H,9-10H2,1-2H3,(H2,23,24,25). The van der Waals surface area contributed by atoms with Crippen LogP contribution >= 0.6 is 22.7 Å². The minimum absolute atomic E-state index is 0.169. The van der Waals surface area contributed by atoms with Crippen molar-refractivity contribution < 1.29 is 17.9 Å². The van der Waals surface area contributed by atoms with Gasteiger partial charge in [0.25, 0.3) is 0 Å². The third kappa shape index (κ3) is 5.70. The number of ether oxygens (including phenoxy) is 1. The third-order valence-corrected chi connectivity index (χ3v) is 5.92. The highest BCUT2D eigenvalue weighted by molar-refractivity contribution is 7.15. The lowest BCUT2D eigenvalue weighted by Gasteiger charge is -2.10. The van der Waals surface area contributed by atoms with Crippen molar-refractivity contribution >= 4 is 28.6 Å². The zero-order valence-electron chi connectivity index (χ0n) is 15.7. The molecule has 10 heteroatoms. The first-order valence-electron chi connectivity index (χ1n) is 8.58. The average molecular weight is 441 g/mol. The zero-order chi connectivity index (χ0) is 20.9. The van der Waals surface area contributed by atoms with Gasteiger partial charge in [0.1, 0.15) is 10.8 Å². The zero-order valence-corrected chi connectivity index (χ0v) is 17.3. The first-order valence-corrected chi connectivity index (χ1v) is 10.3. The minimum atomic E-state index is -4.42. The summed E-state index contributed by atoms with van der Waals surface area (Å²) in [6.07, 6.45) is -4.42. The molecule has 0 saturated carbocycles. The molecule has 0 aliphatic heterocycles. The molecule has 154 valence electrons. The first kappa shape index (κ1) is 21.1. The third-order valence-electron chi connectivity index (χ3n) is 3.94. The van der Waals surface area contributed by atoms with E-state index in [2.05, 4.69) is 20.6 Å². The molecule has 5 nitrogen and oxygen atoms in total.